The van der Waals surface area contributed by atoms with E-state index in [1.165, 1.54) is 6.42 Å². The van der Waals surface area contributed by atoms with Gasteiger partial charge in [0.05, 0.1) is 18.9 Å². The van der Waals surface area contributed by atoms with Gasteiger partial charge in [-0.1, -0.05) is 6.07 Å². The maximum absolute atomic E-state index is 11.5. The molecule has 31 heavy (non-hydrogen) atoms. The van der Waals surface area contributed by atoms with Crippen LogP contribution in [0.15, 0.2) is 18.2 Å². The van der Waals surface area contributed by atoms with Crippen molar-refractivity contribution in [3.8, 4) is 0 Å². The number of aromatic nitrogens is 3. The molecule has 2 aliphatic rings. The predicted molar refractivity (Wildman–Crippen MR) is 122 cm³/mol. The van der Waals surface area contributed by atoms with Crippen molar-refractivity contribution < 1.29 is 19.7 Å². The predicted octanol–water partition coefficient (Wildman–Crippen LogP) is 2.18. The highest BCUT2D eigenvalue weighted by Gasteiger charge is 2.45. The first-order valence-electron chi connectivity index (χ1n) is 10.6. The van der Waals surface area contributed by atoms with E-state index >= 15 is 0 Å². The SMILES string of the molecule is CS(C)(C)CCOCn1nc(C(=O)O)cc1Cc1ccc(N2CC3CC3C2)nc1CO. The van der Waals surface area contributed by atoms with Gasteiger partial charge < -0.3 is 19.8 Å². The Morgan fingerprint density at radius 2 is 2.00 bits per heavy atom. The van der Waals surface area contributed by atoms with Crippen molar-refractivity contribution in [2.75, 3.05) is 49.1 Å². The average Bonchev–Trinajstić information content (AvgIpc) is 3.12. The molecule has 2 aromatic heterocycles. The molecule has 170 valence electrons. The summed E-state index contributed by atoms with van der Waals surface area (Å²) in [4.78, 5) is 18.4. The molecule has 0 aromatic carbocycles. The lowest BCUT2D eigenvalue weighted by Crippen LogP contribution is -2.23. The van der Waals surface area contributed by atoms with Crippen LogP contribution in [-0.2, 0) is 24.5 Å². The third-order valence-electron chi connectivity index (χ3n) is 6.01. The van der Waals surface area contributed by atoms with Crippen molar-refractivity contribution in [1.29, 1.82) is 0 Å². The minimum Gasteiger partial charge on any atom is -0.476 e. The number of anilines is 1. The number of rotatable bonds is 10. The summed E-state index contributed by atoms with van der Waals surface area (Å²) < 4.78 is 7.38. The zero-order valence-electron chi connectivity index (χ0n) is 18.5. The van der Waals surface area contributed by atoms with E-state index in [4.69, 9.17) is 9.72 Å². The van der Waals surface area contributed by atoms with Gasteiger partial charge in [0.1, 0.15) is 12.5 Å². The number of nitrogens with zero attached hydrogens (tertiary/aromatic N) is 4. The number of piperidine rings is 1. The van der Waals surface area contributed by atoms with E-state index in [0.717, 1.165) is 47.8 Å². The summed E-state index contributed by atoms with van der Waals surface area (Å²) in [5.74, 6) is 2.44. The summed E-state index contributed by atoms with van der Waals surface area (Å²) >= 11 is 0. The summed E-state index contributed by atoms with van der Waals surface area (Å²) in [6.45, 7) is 2.74. The Hall–Kier alpha value is -2.10. The molecule has 0 bridgehead atoms. The van der Waals surface area contributed by atoms with Gasteiger partial charge in [-0.3, -0.25) is 0 Å². The summed E-state index contributed by atoms with van der Waals surface area (Å²) in [5, 5.41) is 23.5. The standard InChI is InChI=1S/C22H32N4O4S/c1-31(2,3)7-6-30-14-26-18(10-19(24-26)22(28)29)9-15-4-5-21(23-20(15)13-27)25-11-16-8-17(16)12-25/h4-5,10,16-17,27H,6-9,11-14H2,1-3H3,(H,28,29). The maximum atomic E-state index is 11.5. The van der Waals surface area contributed by atoms with E-state index in [1.54, 1.807) is 10.7 Å². The Bertz CT molecular complexity index is 945. The molecule has 1 saturated carbocycles. The number of fused-ring (bicyclic) bond motifs is 1. The number of carbonyl (C=O) groups is 1. The molecule has 0 amide bonds. The number of hydrogen-bond acceptors (Lipinski definition) is 6. The maximum Gasteiger partial charge on any atom is 0.356 e. The molecule has 1 saturated heterocycles. The van der Waals surface area contributed by atoms with Crippen molar-refractivity contribution >= 4 is 21.8 Å². The molecule has 2 aromatic rings. The van der Waals surface area contributed by atoms with E-state index in [2.05, 4.69) is 28.8 Å². The van der Waals surface area contributed by atoms with Crippen molar-refractivity contribution in [2.45, 2.75) is 26.2 Å². The smallest absolute Gasteiger partial charge is 0.356 e. The summed E-state index contributed by atoms with van der Waals surface area (Å²) in [6.07, 6.45) is 8.46. The zero-order chi connectivity index (χ0) is 22.2. The van der Waals surface area contributed by atoms with Gasteiger partial charge in [0.15, 0.2) is 5.69 Å². The van der Waals surface area contributed by atoms with Gasteiger partial charge >= 0.3 is 5.97 Å². The topological polar surface area (TPSA) is 101 Å². The van der Waals surface area contributed by atoms with Crippen LogP contribution in [0.1, 0.15) is 33.9 Å². The Kier molecular flexibility index (Phi) is 6.27. The molecular formula is C22H32N4O4S. The highest BCUT2D eigenvalue weighted by Crippen LogP contribution is 2.46. The molecule has 8 nitrogen and oxygen atoms in total. The molecular weight excluding hydrogens is 416 g/mol. The minimum atomic E-state index is -1.07. The van der Waals surface area contributed by atoms with Crippen molar-refractivity contribution in [2.24, 2.45) is 11.8 Å². The summed E-state index contributed by atoms with van der Waals surface area (Å²) in [7, 11) is -0.655. The second-order valence-electron chi connectivity index (χ2n) is 9.43. The van der Waals surface area contributed by atoms with Gasteiger partial charge in [-0.05, 0) is 54.7 Å². The van der Waals surface area contributed by atoms with Crippen molar-refractivity contribution in [1.82, 2.24) is 14.8 Å². The van der Waals surface area contributed by atoms with Crippen molar-refractivity contribution in [3.63, 3.8) is 0 Å². The number of ether oxygens (including phenoxy) is 1. The van der Waals surface area contributed by atoms with Crippen LogP contribution in [0.2, 0.25) is 0 Å². The van der Waals surface area contributed by atoms with Gasteiger partial charge in [0.25, 0.3) is 0 Å². The van der Waals surface area contributed by atoms with E-state index in [0.29, 0.717) is 18.7 Å². The number of aromatic carboxylic acids is 1. The van der Waals surface area contributed by atoms with Crippen LogP contribution in [0, 0.1) is 11.8 Å². The number of hydrogen-bond donors (Lipinski definition) is 2. The molecule has 2 atom stereocenters. The monoisotopic (exact) mass is 448 g/mol. The largest absolute Gasteiger partial charge is 0.476 e. The third-order valence-corrected chi connectivity index (χ3v) is 7.41. The number of aliphatic hydroxyl groups excluding tert-OH is 1. The van der Waals surface area contributed by atoms with Crippen LogP contribution in [0.3, 0.4) is 0 Å². The van der Waals surface area contributed by atoms with Crippen LogP contribution in [-0.4, -0.2) is 75.2 Å². The molecule has 3 heterocycles. The van der Waals surface area contributed by atoms with E-state index in [-0.39, 0.29) is 19.0 Å². The van der Waals surface area contributed by atoms with Crippen LogP contribution >= 0.6 is 10.0 Å². The highest BCUT2D eigenvalue weighted by molar-refractivity contribution is 8.32. The Balaban J connectivity index is 1.48. The summed E-state index contributed by atoms with van der Waals surface area (Å²) in [6, 6.07) is 5.56. The molecule has 9 heteroatoms. The molecule has 2 N–H and O–H groups in total. The van der Waals surface area contributed by atoms with E-state index < -0.39 is 16.0 Å². The second kappa shape index (κ2) is 8.80. The van der Waals surface area contributed by atoms with Crippen LogP contribution in [0.25, 0.3) is 0 Å². The Morgan fingerprint density at radius 1 is 1.26 bits per heavy atom. The first-order chi connectivity index (χ1) is 14.7. The van der Waals surface area contributed by atoms with Crippen LogP contribution in [0.5, 0.6) is 0 Å². The number of carboxylic acids is 1. The fourth-order valence-corrected chi connectivity index (χ4v) is 4.66. The molecule has 2 fully saturated rings. The summed E-state index contributed by atoms with van der Waals surface area (Å²) in [5.41, 5.74) is 2.21. The van der Waals surface area contributed by atoms with Gasteiger partial charge in [-0.15, -0.1) is 0 Å². The molecule has 4 rings (SSSR count). The lowest BCUT2D eigenvalue weighted by Gasteiger charge is -2.24. The molecule has 1 aliphatic heterocycles. The third kappa shape index (κ3) is 5.39. The second-order valence-corrected chi connectivity index (χ2v) is 14.0. The average molecular weight is 449 g/mol. The zero-order valence-corrected chi connectivity index (χ0v) is 19.3. The first kappa shape index (κ1) is 22.1. The highest BCUT2D eigenvalue weighted by atomic mass is 32.3. The minimum absolute atomic E-state index is 0.00790. The lowest BCUT2D eigenvalue weighted by molar-refractivity contribution is 0.0672. The normalized spacial score (nSPS) is 20.7. The van der Waals surface area contributed by atoms with Gasteiger partial charge in [0.2, 0.25) is 0 Å². The molecule has 1 aliphatic carbocycles. The van der Waals surface area contributed by atoms with E-state index in [9.17, 15) is 15.0 Å². The Labute approximate surface area is 184 Å². The van der Waals surface area contributed by atoms with Crippen LogP contribution < -0.4 is 4.90 Å². The van der Waals surface area contributed by atoms with Gasteiger partial charge in [0, 0.05) is 31.0 Å². The number of carboxylic acid groups (broad SMARTS) is 1. The van der Waals surface area contributed by atoms with Gasteiger partial charge in [-0.25, -0.2) is 24.5 Å². The molecule has 0 spiro atoms. The van der Waals surface area contributed by atoms with E-state index in [1.807, 2.05) is 12.1 Å². The lowest BCUT2D eigenvalue weighted by atomic mass is 10.1. The Morgan fingerprint density at radius 3 is 2.65 bits per heavy atom. The number of aliphatic hydroxyl groups is 1. The van der Waals surface area contributed by atoms with Crippen LogP contribution in [0.4, 0.5) is 5.82 Å². The molecule has 0 radical (unpaired) electrons. The number of pyridine rings is 1. The first-order valence-corrected chi connectivity index (χ1v) is 13.6. The van der Waals surface area contributed by atoms with Gasteiger partial charge in [-0.2, -0.15) is 5.10 Å². The quantitative estimate of drug-likeness (QED) is 0.537. The fourth-order valence-electron chi connectivity index (χ4n) is 4.05. The molecule has 2 unspecified atom stereocenters. The van der Waals surface area contributed by atoms with Crippen molar-refractivity contribution in [3.05, 3.63) is 40.8 Å². The fraction of sp³-hybridized carbons (Fsp3) is 0.591.